The van der Waals surface area contributed by atoms with Crippen molar-refractivity contribution in [3.8, 4) is 0 Å². The van der Waals surface area contributed by atoms with Crippen molar-refractivity contribution >= 4 is 44.6 Å². The van der Waals surface area contributed by atoms with Crippen LogP contribution in [0.25, 0.3) is 33.2 Å². The number of hydrogen-bond acceptors (Lipinski definition) is 6. The van der Waals surface area contributed by atoms with E-state index >= 15 is 0 Å². The molecule has 4 N–H and O–H groups in total. The summed E-state index contributed by atoms with van der Waals surface area (Å²) in [6.45, 7) is 0. The third-order valence-electron chi connectivity index (χ3n) is 6.76. The van der Waals surface area contributed by atoms with E-state index in [1.807, 2.05) is 97.1 Å². The Kier molecular flexibility index (Phi) is 4.35. The Morgan fingerprint density at radius 2 is 0.974 bits per heavy atom. The molecule has 8 nitrogen and oxygen atoms in total. The van der Waals surface area contributed by atoms with E-state index in [0.29, 0.717) is 17.5 Å². The minimum absolute atomic E-state index is 0.563. The van der Waals surface area contributed by atoms with Crippen LogP contribution in [0.2, 0.25) is 0 Å². The number of aromatic nitrogens is 4. The largest absolute Gasteiger partial charge is 0.339 e. The minimum atomic E-state index is 0.563. The number of imidazole rings is 2. The van der Waals surface area contributed by atoms with Crippen LogP contribution < -0.4 is 21.3 Å². The number of rotatable bonds is 3. The summed E-state index contributed by atoms with van der Waals surface area (Å²) in [5.41, 5.74) is 7.08. The van der Waals surface area contributed by atoms with Gasteiger partial charge in [0.2, 0.25) is 0 Å². The van der Waals surface area contributed by atoms with Gasteiger partial charge in [0.05, 0.1) is 55.3 Å². The third-order valence-corrected chi connectivity index (χ3v) is 6.76. The second kappa shape index (κ2) is 8.01. The van der Waals surface area contributed by atoms with Gasteiger partial charge in [-0.05, 0) is 48.5 Å². The summed E-state index contributed by atoms with van der Waals surface area (Å²) in [7, 11) is 0. The number of fused-ring (bicyclic) bond motifs is 4. The Bertz CT molecular complexity index is 1960. The fourth-order valence-electron chi connectivity index (χ4n) is 4.99. The first kappa shape index (κ1) is 20.7. The first-order valence-corrected chi connectivity index (χ1v) is 12.3. The van der Waals surface area contributed by atoms with Crippen LogP contribution in [0.4, 0.5) is 11.4 Å². The van der Waals surface area contributed by atoms with Gasteiger partial charge in [-0.25, -0.2) is 20.0 Å². The number of allylic oxidation sites excluding steroid dienone is 2. The average Bonchev–Trinajstić information content (AvgIpc) is 3.73. The number of nitrogens with one attached hydrogen (secondary N) is 4. The molecule has 6 aromatic rings. The Hall–Kier alpha value is -5.50. The number of hydrogen-bond donors (Lipinski definition) is 4. The summed E-state index contributed by atoms with van der Waals surface area (Å²) < 4.78 is 0. The maximum Gasteiger partial charge on any atom is 0.165 e. The third kappa shape index (κ3) is 3.24. The van der Waals surface area contributed by atoms with Crippen molar-refractivity contribution in [3.63, 3.8) is 0 Å². The molecule has 8 heteroatoms. The second-order valence-corrected chi connectivity index (χ2v) is 9.16. The highest BCUT2D eigenvalue weighted by molar-refractivity contribution is 6.08. The molecule has 0 saturated carbocycles. The van der Waals surface area contributed by atoms with Gasteiger partial charge in [-0.3, -0.25) is 0 Å². The van der Waals surface area contributed by atoms with Gasteiger partial charge in [0.1, 0.15) is 17.5 Å². The molecule has 180 valence electrons. The molecule has 0 atom stereocenters. The Balaban J connectivity index is 1.46. The lowest BCUT2D eigenvalue weighted by atomic mass is 10.0. The molecule has 8 rings (SSSR count). The molecule has 38 heavy (non-hydrogen) atoms. The smallest absolute Gasteiger partial charge is 0.165 e. The molecular weight excluding hydrogens is 472 g/mol. The molecule has 4 aromatic carbocycles. The zero-order valence-corrected chi connectivity index (χ0v) is 20.0. The van der Waals surface area contributed by atoms with E-state index in [9.17, 15) is 0 Å². The molecular formula is C30H20N8. The quantitative estimate of drug-likeness (QED) is 0.280. The summed E-state index contributed by atoms with van der Waals surface area (Å²) in [5.74, 6) is 2.67. The summed E-state index contributed by atoms with van der Waals surface area (Å²) in [6, 6.07) is 32.0. The number of para-hydroxylation sites is 8. The summed E-state index contributed by atoms with van der Waals surface area (Å²) in [5, 5.41) is 8.75. The van der Waals surface area contributed by atoms with Gasteiger partial charge in [-0.1, -0.05) is 48.5 Å². The van der Waals surface area contributed by atoms with Gasteiger partial charge in [-0.15, -0.1) is 0 Å². The predicted molar refractivity (Wildman–Crippen MR) is 148 cm³/mol. The molecule has 2 aliphatic heterocycles. The number of anilines is 2. The lowest BCUT2D eigenvalue weighted by Crippen LogP contribution is -2.19. The van der Waals surface area contributed by atoms with Crippen molar-refractivity contribution < 1.29 is 0 Å². The van der Waals surface area contributed by atoms with E-state index in [1.54, 1.807) is 0 Å². The van der Waals surface area contributed by atoms with Gasteiger partial charge in [0.15, 0.2) is 5.82 Å². The fourth-order valence-corrected chi connectivity index (χ4v) is 4.99. The monoisotopic (exact) mass is 492 g/mol. The molecule has 0 spiro atoms. The van der Waals surface area contributed by atoms with E-state index in [2.05, 4.69) is 20.6 Å². The van der Waals surface area contributed by atoms with Crippen molar-refractivity contribution in [1.82, 2.24) is 19.9 Å². The Morgan fingerprint density at radius 3 is 1.53 bits per heavy atom. The molecule has 0 fully saturated rings. The maximum atomic E-state index is 4.99. The predicted octanol–water partition coefficient (Wildman–Crippen LogP) is 4.97. The minimum Gasteiger partial charge on any atom is -0.339 e. The average molecular weight is 493 g/mol. The Labute approximate surface area is 216 Å². The van der Waals surface area contributed by atoms with Crippen molar-refractivity contribution in [2.75, 3.05) is 10.6 Å². The van der Waals surface area contributed by atoms with E-state index < -0.39 is 0 Å². The molecule has 0 aliphatic carbocycles. The molecule has 0 radical (unpaired) electrons. The number of H-pyrrole nitrogens is 2. The number of aromatic amines is 2. The Morgan fingerprint density at radius 1 is 0.500 bits per heavy atom. The summed E-state index contributed by atoms with van der Waals surface area (Å²) >= 11 is 0. The fraction of sp³-hybridized carbons (Fsp3) is 0. The van der Waals surface area contributed by atoms with Crippen molar-refractivity contribution in [2.24, 2.45) is 9.98 Å². The van der Waals surface area contributed by atoms with Gasteiger partial charge >= 0.3 is 0 Å². The highest BCUT2D eigenvalue weighted by atomic mass is 15.2. The first-order chi connectivity index (χ1) is 18.8. The van der Waals surface area contributed by atoms with Crippen LogP contribution in [0.1, 0.15) is 11.6 Å². The molecule has 0 saturated heterocycles. The highest BCUT2D eigenvalue weighted by Crippen LogP contribution is 2.40. The lowest BCUT2D eigenvalue weighted by Gasteiger charge is -2.13. The standard InChI is InChI=1S/C30H20N8/c1-2-10-18-17(9-1)31-27(32-18)25(28-33-19-11-3-4-12-20(19)34-28)26(29-35-21-13-5-6-14-22(21)36-29)30-37-23-15-7-8-16-24(23)38-30/h1-16,31-32H,(H,33,34)(H,35,36). The lowest BCUT2D eigenvalue weighted by molar-refractivity contribution is 1.17. The van der Waals surface area contributed by atoms with E-state index in [4.69, 9.17) is 20.0 Å². The van der Waals surface area contributed by atoms with E-state index in [-0.39, 0.29) is 0 Å². The van der Waals surface area contributed by atoms with Crippen LogP contribution in [0.15, 0.2) is 119 Å². The van der Waals surface area contributed by atoms with Gasteiger partial charge in [0.25, 0.3) is 0 Å². The second-order valence-electron chi connectivity index (χ2n) is 9.16. The van der Waals surface area contributed by atoms with Gasteiger partial charge in [0, 0.05) is 0 Å². The van der Waals surface area contributed by atoms with Crippen molar-refractivity contribution in [3.05, 3.63) is 131 Å². The molecule has 0 amide bonds. The molecule has 0 unspecified atom stereocenters. The number of nitrogens with zero attached hydrogens (tertiary/aromatic N) is 4. The van der Waals surface area contributed by atoms with Gasteiger partial charge in [-0.2, -0.15) is 0 Å². The van der Waals surface area contributed by atoms with Crippen LogP contribution in [0.3, 0.4) is 0 Å². The van der Waals surface area contributed by atoms with Crippen LogP contribution in [-0.4, -0.2) is 19.9 Å². The van der Waals surface area contributed by atoms with Crippen LogP contribution in [0.5, 0.6) is 0 Å². The molecule has 2 aromatic heterocycles. The van der Waals surface area contributed by atoms with Crippen LogP contribution in [0, 0.1) is 0 Å². The van der Waals surface area contributed by atoms with Crippen LogP contribution >= 0.6 is 0 Å². The highest BCUT2D eigenvalue weighted by Gasteiger charge is 2.29. The van der Waals surface area contributed by atoms with Crippen molar-refractivity contribution in [2.45, 2.75) is 0 Å². The molecule has 0 bridgehead atoms. The maximum absolute atomic E-state index is 4.99. The SMILES string of the molecule is c1ccc2c(c1)NC(=C(C(=C1N=c3ccccc3=N1)c1nc3ccccc3[nH]1)c1nc3ccccc3[nH]1)N2. The first-order valence-electron chi connectivity index (χ1n) is 12.3. The zero-order chi connectivity index (χ0) is 25.1. The molecule has 2 aliphatic rings. The summed E-state index contributed by atoms with van der Waals surface area (Å²) in [6.07, 6.45) is 0. The topological polar surface area (TPSA) is 106 Å². The van der Waals surface area contributed by atoms with Crippen LogP contribution in [-0.2, 0) is 0 Å². The zero-order valence-electron chi connectivity index (χ0n) is 20.0. The number of benzene rings is 4. The molecule has 4 heterocycles. The normalized spacial score (nSPS) is 13.5. The van der Waals surface area contributed by atoms with Gasteiger partial charge < -0.3 is 20.6 Å². The van der Waals surface area contributed by atoms with E-state index in [1.165, 1.54) is 0 Å². The van der Waals surface area contributed by atoms with Crippen molar-refractivity contribution in [1.29, 1.82) is 0 Å². The van der Waals surface area contributed by atoms with E-state index in [0.717, 1.165) is 61.1 Å². The summed E-state index contributed by atoms with van der Waals surface area (Å²) in [4.78, 5) is 26.9.